The minimum absolute atomic E-state index is 0.0631. The van der Waals surface area contributed by atoms with E-state index < -0.39 is 30.5 Å². The standard InChI is InChI=1S/C18H30O6SSi/c1-14-8-10-16(11-9-14)25(20,21)23-13-15(12-17(19)22-5)24-26(6,7)18(2,3)4/h8-11,15H,12-13H2,1-7H3/t15-/m1/s1. The molecule has 0 aliphatic heterocycles. The predicted octanol–water partition coefficient (Wildman–Crippen LogP) is 3.65. The minimum atomic E-state index is -3.92. The average molecular weight is 403 g/mol. The second kappa shape index (κ2) is 8.64. The fourth-order valence-electron chi connectivity index (χ4n) is 1.94. The molecule has 6 nitrogen and oxygen atoms in total. The van der Waals surface area contributed by atoms with Crippen molar-refractivity contribution in [2.24, 2.45) is 0 Å². The number of benzene rings is 1. The normalized spacial score (nSPS) is 14.1. The van der Waals surface area contributed by atoms with Gasteiger partial charge >= 0.3 is 5.97 Å². The zero-order valence-corrected chi connectivity index (χ0v) is 18.5. The van der Waals surface area contributed by atoms with Gasteiger partial charge < -0.3 is 9.16 Å². The number of carbonyl (C=O) groups excluding carboxylic acids is 1. The van der Waals surface area contributed by atoms with Crippen LogP contribution in [0.4, 0.5) is 0 Å². The zero-order valence-electron chi connectivity index (χ0n) is 16.7. The number of rotatable bonds is 8. The molecule has 26 heavy (non-hydrogen) atoms. The van der Waals surface area contributed by atoms with Crippen molar-refractivity contribution in [3.05, 3.63) is 29.8 Å². The van der Waals surface area contributed by atoms with Gasteiger partial charge in [-0.3, -0.25) is 8.98 Å². The van der Waals surface area contributed by atoms with E-state index in [1.807, 2.05) is 20.0 Å². The largest absolute Gasteiger partial charge is 0.469 e. The monoisotopic (exact) mass is 402 g/mol. The maximum atomic E-state index is 12.4. The van der Waals surface area contributed by atoms with Crippen LogP contribution in [0.15, 0.2) is 29.2 Å². The molecular weight excluding hydrogens is 372 g/mol. The SMILES string of the molecule is COC(=O)C[C@H](COS(=O)(=O)c1ccc(C)cc1)O[Si](C)(C)C(C)(C)C. The van der Waals surface area contributed by atoms with Gasteiger partial charge in [0.1, 0.15) is 0 Å². The van der Waals surface area contributed by atoms with Crippen molar-refractivity contribution < 1.29 is 26.6 Å². The highest BCUT2D eigenvalue weighted by Gasteiger charge is 2.40. The molecule has 0 N–H and O–H groups in total. The molecule has 0 radical (unpaired) electrons. The molecule has 0 spiro atoms. The molecule has 0 saturated heterocycles. The van der Waals surface area contributed by atoms with Gasteiger partial charge in [-0.05, 0) is 37.2 Å². The van der Waals surface area contributed by atoms with Crippen LogP contribution in [0.25, 0.3) is 0 Å². The second-order valence-corrected chi connectivity index (χ2v) is 14.2. The summed E-state index contributed by atoms with van der Waals surface area (Å²) in [5, 5.41) is -0.0861. The van der Waals surface area contributed by atoms with Crippen LogP contribution >= 0.6 is 0 Å². The Morgan fingerprint density at radius 2 is 1.69 bits per heavy atom. The highest BCUT2D eigenvalue weighted by molar-refractivity contribution is 7.86. The quantitative estimate of drug-likeness (QED) is 0.375. The van der Waals surface area contributed by atoms with Gasteiger partial charge in [-0.2, -0.15) is 8.42 Å². The van der Waals surface area contributed by atoms with Crippen LogP contribution in [0, 0.1) is 6.92 Å². The van der Waals surface area contributed by atoms with Crippen LogP contribution < -0.4 is 0 Å². The fraction of sp³-hybridized carbons (Fsp3) is 0.611. The van der Waals surface area contributed by atoms with Gasteiger partial charge in [0, 0.05) is 0 Å². The lowest BCUT2D eigenvalue weighted by Crippen LogP contribution is -2.45. The number of ether oxygens (including phenoxy) is 1. The van der Waals surface area contributed by atoms with Gasteiger partial charge in [0.25, 0.3) is 10.1 Å². The van der Waals surface area contributed by atoms with E-state index in [0.29, 0.717) is 0 Å². The lowest BCUT2D eigenvalue weighted by molar-refractivity contribution is -0.143. The number of hydrogen-bond acceptors (Lipinski definition) is 6. The summed E-state index contributed by atoms with van der Waals surface area (Å²) in [5.41, 5.74) is 0.953. The highest BCUT2D eigenvalue weighted by atomic mass is 32.2. The number of hydrogen-bond donors (Lipinski definition) is 0. The maximum Gasteiger partial charge on any atom is 0.308 e. The van der Waals surface area contributed by atoms with Crippen LogP contribution in [0.1, 0.15) is 32.8 Å². The molecule has 148 valence electrons. The number of methoxy groups -OCH3 is 1. The van der Waals surface area contributed by atoms with Crippen molar-refractivity contribution in [2.75, 3.05) is 13.7 Å². The Morgan fingerprint density at radius 1 is 1.15 bits per heavy atom. The maximum absolute atomic E-state index is 12.4. The lowest BCUT2D eigenvalue weighted by Gasteiger charge is -2.38. The first-order valence-electron chi connectivity index (χ1n) is 8.49. The van der Waals surface area contributed by atoms with Crippen molar-refractivity contribution in [2.45, 2.75) is 63.2 Å². The van der Waals surface area contributed by atoms with Crippen LogP contribution in [-0.2, 0) is 28.3 Å². The molecule has 0 heterocycles. The molecule has 1 atom stereocenters. The van der Waals surface area contributed by atoms with Crippen LogP contribution in [0.2, 0.25) is 18.1 Å². The first kappa shape index (κ1) is 22.8. The zero-order chi connectivity index (χ0) is 20.2. The van der Waals surface area contributed by atoms with E-state index >= 15 is 0 Å². The number of esters is 1. The molecular formula is C18H30O6SSi. The van der Waals surface area contributed by atoms with E-state index in [2.05, 4.69) is 20.8 Å². The van der Waals surface area contributed by atoms with E-state index in [1.54, 1.807) is 12.1 Å². The summed E-state index contributed by atoms with van der Waals surface area (Å²) >= 11 is 0. The molecule has 1 rings (SSSR count). The fourth-order valence-corrected chi connectivity index (χ4v) is 4.21. The van der Waals surface area contributed by atoms with E-state index in [4.69, 9.17) is 13.3 Å². The molecule has 0 fully saturated rings. The Hall–Kier alpha value is -1.22. The van der Waals surface area contributed by atoms with Gasteiger partial charge in [0.15, 0.2) is 8.32 Å². The van der Waals surface area contributed by atoms with Gasteiger partial charge in [-0.15, -0.1) is 0 Å². The summed E-state index contributed by atoms with van der Waals surface area (Å²) in [5.74, 6) is -0.468. The Bertz CT molecular complexity index is 704. The van der Waals surface area contributed by atoms with Crippen molar-refractivity contribution in [3.8, 4) is 0 Å². The molecule has 1 aromatic rings. The first-order valence-corrected chi connectivity index (χ1v) is 12.8. The van der Waals surface area contributed by atoms with Crippen molar-refractivity contribution in [1.82, 2.24) is 0 Å². The van der Waals surface area contributed by atoms with E-state index in [-0.39, 0.29) is 23.0 Å². The third-order valence-corrected chi connectivity index (χ3v) is 10.4. The van der Waals surface area contributed by atoms with Crippen molar-refractivity contribution in [1.29, 1.82) is 0 Å². The Morgan fingerprint density at radius 3 is 2.15 bits per heavy atom. The molecule has 8 heteroatoms. The summed E-state index contributed by atoms with van der Waals surface area (Å²) < 4.78 is 40.8. The summed E-state index contributed by atoms with van der Waals surface area (Å²) in [6, 6.07) is 6.39. The molecule has 0 saturated carbocycles. The van der Waals surface area contributed by atoms with Gasteiger partial charge in [0.05, 0.1) is 31.1 Å². The third-order valence-electron chi connectivity index (χ3n) is 4.61. The van der Waals surface area contributed by atoms with E-state index in [9.17, 15) is 13.2 Å². The van der Waals surface area contributed by atoms with Gasteiger partial charge in [-0.25, -0.2) is 0 Å². The Labute approximate surface area is 158 Å². The molecule has 0 aliphatic carbocycles. The minimum Gasteiger partial charge on any atom is -0.469 e. The Kier molecular flexibility index (Phi) is 7.59. The van der Waals surface area contributed by atoms with Crippen LogP contribution in [0.3, 0.4) is 0 Å². The summed E-state index contributed by atoms with van der Waals surface area (Å²) in [6.07, 6.45) is -0.754. The van der Waals surface area contributed by atoms with Gasteiger partial charge in [0.2, 0.25) is 0 Å². The molecule has 1 aromatic carbocycles. The molecule has 0 unspecified atom stereocenters. The van der Waals surface area contributed by atoms with E-state index in [1.165, 1.54) is 19.2 Å². The molecule has 0 aliphatic rings. The number of carbonyl (C=O) groups is 1. The summed E-state index contributed by atoms with van der Waals surface area (Å²) in [4.78, 5) is 11.8. The Balaban J connectivity index is 2.92. The number of aryl methyl sites for hydroxylation is 1. The highest BCUT2D eigenvalue weighted by Crippen LogP contribution is 2.37. The van der Waals surface area contributed by atoms with Crippen molar-refractivity contribution >= 4 is 24.4 Å². The summed E-state index contributed by atoms with van der Waals surface area (Å²) in [6.45, 7) is 11.9. The molecule has 0 bridgehead atoms. The smallest absolute Gasteiger partial charge is 0.308 e. The van der Waals surface area contributed by atoms with Crippen LogP contribution in [0.5, 0.6) is 0 Å². The van der Waals surface area contributed by atoms with E-state index in [0.717, 1.165) is 5.56 Å². The second-order valence-electron chi connectivity index (χ2n) is 7.83. The lowest BCUT2D eigenvalue weighted by atomic mass is 10.2. The predicted molar refractivity (Wildman–Crippen MR) is 103 cm³/mol. The van der Waals surface area contributed by atoms with Crippen molar-refractivity contribution in [3.63, 3.8) is 0 Å². The summed E-state index contributed by atoms with van der Waals surface area (Å²) in [7, 11) is -4.85. The third kappa shape index (κ3) is 6.50. The first-order chi connectivity index (χ1) is 11.8. The average Bonchev–Trinajstić information content (AvgIpc) is 2.51. The van der Waals surface area contributed by atoms with Crippen LogP contribution in [-0.4, -0.2) is 42.5 Å². The topological polar surface area (TPSA) is 78.9 Å². The molecule has 0 aromatic heterocycles. The van der Waals surface area contributed by atoms with Gasteiger partial charge in [-0.1, -0.05) is 38.5 Å². The molecule has 0 amide bonds.